The highest BCUT2D eigenvalue weighted by atomic mass is 19.1. The molecular weight excluding hydrogens is 274 g/mol. The molecule has 1 atom stereocenters. The van der Waals surface area contributed by atoms with Crippen molar-refractivity contribution in [3.63, 3.8) is 0 Å². The fourth-order valence-corrected chi connectivity index (χ4v) is 2.99. The number of carbonyl (C=O) groups excluding carboxylic acids is 1. The number of halogens is 2. The molecule has 1 fully saturated rings. The van der Waals surface area contributed by atoms with E-state index in [0.29, 0.717) is 6.04 Å². The van der Waals surface area contributed by atoms with E-state index in [9.17, 15) is 13.6 Å². The minimum atomic E-state index is -0.652. The van der Waals surface area contributed by atoms with Crippen molar-refractivity contribution in [2.75, 3.05) is 32.7 Å². The lowest BCUT2D eigenvalue weighted by Gasteiger charge is -2.26. The van der Waals surface area contributed by atoms with Crippen LogP contribution in [0.2, 0.25) is 0 Å². The molecule has 2 rings (SSSR count). The topological polar surface area (TPSA) is 23.6 Å². The van der Waals surface area contributed by atoms with Crippen LogP contribution in [0.1, 0.15) is 30.6 Å². The summed E-state index contributed by atoms with van der Waals surface area (Å²) in [5.41, 5.74) is -0.152. The van der Waals surface area contributed by atoms with Gasteiger partial charge in [0.1, 0.15) is 11.6 Å². The highest BCUT2D eigenvalue weighted by Gasteiger charge is 2.28. The highest BCUT2D eigenvalue weighted by molar-refractivity contribution is 5.97. The quantitative estimate of drug-likeness (QED) is 0.754. The highest BCUT2D eigenvalue weighted by Crippen LogP contribution is 2.17. The zero-order valence-electron chi connectivity index (χ0n) is 12.6. The van der Waals surface area contributed by atoms with Gasteiger partial charge in [-0.2, -0.15) is 0 Å². The predicted octanol–water partition coefficient (Wildman–Crippen LogP) is 2.56. The van der Waals surface area contributed by atoms with Crippen molar-refractivity contribution in [1.29, 1.82) is 0 Å². The average molecular weight is 296 g/mol. The van der Waals surface area contributed by atoms with Crippen molar-refractivity contribution >= 4 is 5.78 Å². The van der Waals surface area contributed by atoms with E-state index in [4.69, 9.17) is 0 Å². The van der Waals surface area contributed by atoms with E-state index in [-0.39, 0.29) is 17.9 Å². The van der Waals surface area contributed by atoms with Crippen LogP contribution in [0.3, 0.4) is 0 Å². The molecule has 0 aliphatic carbocycles. The van der Waals surface area contributed by atoms with Gasteiger partial charge in [-0.1, -0.05) is 13.8 Å². The summed E-state index contributed by atoms with van der Waals surface area (Å²) in [4.78, 5) is 16.5. The molecule has 1 aliphatic heterocycles. The maximum atomic E-state index is 13.6. The standard InChI is InChI=1S/C16H22F2N2O/c1-3-20(4-2)13-7-8-19(10-13)11-16(21)14-9-12(17)5-6-15(14)18/h5-6,9,13H,3-4,7-8,10-11H2,1-2H3. The lowest BCUT2D eigenvalue weighted by molar-refractivity contribution is 0.0935. The van der Waals surface area contributed by atoms with E-state index >= 15 is 0 Å². The first-order valence-corrected chi connectivity index (χ1v) is 7.49. The Morgan fingerprint density at radius 1 is 1.33 bits per heavy atom. The van der Waals surface area contributed by atoms with Gasteiger partial charge in [0.25, 0.3) is 0 Å². The summed E-state index contributed by atoms with van der Waals surface area (Å²) in [7, 11) is 0. The molecule has 0 radical (unpaired) electrons. The third kappa shape index (κ3) is 3.86. The first-order valence-electron chi connectivity index (χ1n) is 7.49. The number of hydrogen-bond donors (Lipinski definition) is 0. The summed E-state index contributed by atoms with van der Waals surface area (Å²) < 4.78 is 26.7. The first-order chi connectivity index (χ1) is 10.0. The summed E-state index contributed by atoms with van der Waals surface area (Å²) >= 11 is 0. The number of Topliss-reactive ketones (excluding diaryl/α,β-unsaturated/α-hetero) is 1. The van der Waals surface area contributed by atoms with Gasteiger partial charge >= 0.3 is 0 Å². The van der Waals surface area contributed by atoms with Crippen molar-refractivity contribution in [2.45, 2.75) is 26.3 Å². The van der Waals surface area contributed by atoms with Crippen LogP contribution in [-0.4, -0.2) is 54.3 Å². The van der Waals surface area contributed by atoms with Crippen LogP contribution in [0.25, 0.3) is 0 Å². The smallest absolute Gasteiger partial charge is 0.179 e. The molecule has 1 unspecified atom stereocenters. The van der Waals surface area contributed by atoms with Crippen molar-refractivity contribution in [1.82, 2.24) is 9.80 Å². The maximum Gasteiger partial charge on any atom is 0.179 e. The van der Waals surface area contributed by atoms with Gasteiger partial charge in [-0.25, -0.2) is 8.78 Å². The van der Waals surface area contributed by atoms with Crippen molar-refractivity contribution in [2.24, 2.45) is 0 Å². The van der Waals surface area contributed by atoms with Gasteiger partial charge in [-0.05, 0) is 37.7 Å². The number of carbonyl (C=O) groups is 1. The fraction of sp³-hybridized carbons (Fsp3) is 0.562. The third-order valence-corrected chi connectivity index (χ3v) is 4.17. The molecule has 1 saturated heterocycles. The van der Waals surface area contributed by atoms with E-state index in [1.807, 2.05) is 4.90 Å². The lowest BCUT2D eigenvalue weighted by atomic mass is 10.1. The predicted molar refractivity (Wildman–Crippen MR) is 78.5 cm³/mol. The number of rotatable bonds is 6. The van der Waals surface area contributed by atoms with Gasteiger partial charge < -0.3 is 0 Å². The van der Waals surface area contributed by atoms with Gasteiger partial charge in [0.2, 0.25) is 0 Å². The molecule has 116 valence electrons. The van der Waals surface area contributed by atoms with E-state index in [2.05, 4.69) is 18.7 Å². The number of benzene rings is 1. The van der Waals surface area contributed by atoms with Gasteiger partial charge in [0.15, 0.2) is 5.78 Å². The molecular formula is C16H22F2N2O. The second kappa shape index (κ2) is 7.09. The summed E-state index contributed by atoms with van der Waals surface area (Å²) in [5, 5.41) is 0. The second-order valence-electron chi connectivity index (χ2n) is 5.45. The van der Waals surface area contributed by atoms with Gasteiger partial charge in [0.05, 0.1) is 12.1 Å². The van der Waals surface area contributed by atoms with Crippen molar-refractivity contribution in [3.05, 3.63) is 35.4 Å². The number of likely N-dealkylation sites (N-methyl/N-ethyl adjacent to an activating group) is 1. The third-order valence-electron chi connectivity index (χ3n) is 4.17. The van der Waals surface area contributed by atoms with Crippen LogP contribution in [0.4, 0.5) is 8.78 Å². The Morgan fingerprint density at radius 2 is 2.05 bits per heavy atom. The molecule has 1 aromatic carbocycles. The van der Waals surface area contributed by atoms with Gasteiger partial charge in [0, 0.05) is 19.1 Å². The molecule has 5 heteroatoms. The van der Waals surface area contributed by atoms with Crippen LogP contribution < -0.4 is 0 Å². The molecule has 0 aromatic heterocycles. The van der Waals surface area contributed by atoms with E-state index in [1.165, 1.54) is 0 Å². The number of ketones is 1. The number of hydrogen-bond acceptors (Lipinski definition) is 3. The fourth-order valence-electron chi connectivity index (χ4n) is 2.99. The Labute approximate surface area is 124 Å². The van der Waals surface area contributed by atoms with Crippen LogP contribution >= 0.6 is 0 Å². The average Bonchev–Trinajstić information content (AvgIpc) is 2.91. The molecule has 0 bridgehead atoms. The molecule has 0 N–H and O–H groups in total. The van der Waals surface area contributed by atoms with E-state index < -0.39 is 11.6 Å². The summed E-state index contributed by atoms with van der Waals surface area (Å²) in [5.74, 6) is -1.59. The number of nitrogens with zero attached hydrogens (tertiary/aromatic N) is 2. The lowest BCUT2D eigenvalue weighted by Crippen LogP contribution is -2.38. The Balaban J connectivity index is 1.97. The molecule has 0 amide bonds. The molecule has 1 aromatic rings. The minimum Gasteiger partial charge on any atom is -0.300 e. The van der Waals surface area contributed by atoms with Crippen LogP contribution in [0.5, 0.6) is 0 Å². The number of likely N-dealkylation sites (tertiary alicyclic amines) is 1. The zero-order valence-corrected chi connectivity index (χ0v) is 12.6. The van der Waals surface area contributed by atoms with E-state index in [0.717, 1.165) is 50.8 Å². The zero-order chi connectivity index (χ0) is 15.4. The van der Waals surface area contributed by atoms with Crippen molar-refractivity contribution < 1.29 is 13.6 Å². The first kappa shape index (κ1) is 16.0. The Hall–Kier alpha value is -1.33. The Kier molecular flexibility index (Phi) is 5.42. The Bertz CT molecular complexity index is 503. The molecule has 3 nitrogen and oxygen atoms in total. The SMILES string of the molecule is CCN(CC)C1CCN(CC(=O)c2cc(F)ccc2F)C1. The second-order valence-corrected chi connectivity index (χ2v) is 5.45. The maximum absolute atomic E-state index is 13.6. The normalized spacial score (nSPS) is 19.4. The van der Waals surface area contributed by atoms with Crippen LogP contribution in [0.15, 0.2) is 18.2 Å². The molecule has 21 heavy (non-hydrogen) atoms. The van der Waals surface area contributed by atoms with E-state index in [1.54, 1.807) is 0 Å². The van der Waals surface area contributed by atoms with Gasteiger partial charge in [-0.3, -0.25) is 14.6 Å². The minimum absolute atomic E-state index is 0.151. The largest absolute Gasteiger partial charge is 0.300 e. The Morgan fingerprint density at radius 3 is 2.71 bits per heavy atom. The van der Waals surface area contributed by atoms with Gasteiger partial charge in [-0.15, -0.1) is 0 Å². The summed E-state index contributed by atoms with van der Waals surface area (Å²) in [6.45, 7) is 8.01. The monoisotopic (exact) mass is 296 g/mol. The summed E-state index contributed by atoms with van der Waals surface area (Å²) in [6, 6.07) is 3.46. The molecule has 0 spiro atoms. The summed E-state index contributed by atoms with van der Waals surface area (Å²) in [6.07, 6.45) is 1.01. The molecule has 0 saturated carbocycles. The van der Waals surface area contributed by atoms with Crippen LogP contribution in [-0.2, 0) is 0 Å². The molecule has 1 heterocycles. The van der Waals surface area contributed by atoms with Crippen LogP contribution in [0, 0.1) is 11.6 Å². The molecule has 1 aliphatic rings. The van der Waals surface area contributed by atoms with Crippen molar-refractivity contribution in [3.8, 4) is 0 Å².